The molecule has 5 amide bonds. The van der Waals surface area contributed by atoms with Crippen molar-refractivity contribution in [3.8, 4) is 0 Å². The van der Waals surface area contributed by atoms with Crippen LogP contribution in [0.2, 0.25) is 0 Å². The number of aryl methyl sites for hydroxylation is 1. The number of nitrogens with zero attached hydrogens (tertiary/aromatic N) is 2. The van der Waals surface area contributed by atoms with Crippen LogP contribution in [0.3, 0.4) is 0 Å². The van der Waals surface area contributed by atoms with Gasteiger partial charge >= 0.3 is 12.3 Å². The maximum atomic E-state index is 13.7. The molecule has 1 heterocycles. The monoisotopic (exact) mass is 744 g/mol. The largest absolute Gasteiger partial charge is 0.427 e. The predicted octanol–water partition coefficient (Wildman–Crippen LogP) is 6.08. The van der Waals surface area contributed by atoms with E-state index in [0.29, 0.717) is 45.4 Å². The highest BCUT2D eigenvalue weighted by molar-refractivity contribution is 6.06. The van der Waals surface area contributed by atoms with E-state index in [9.17, 15) is 46.3 Å². The second kappa shape index (κ2) is 16.9. The number of amides is 5. The smallest absolute Gasteiger partial charge is 0.418 e. The molecular weight excluding hydrogens is 700 g/mol. The highest BCUT2D eigenvalue weighted by Crippen LogP contribution is 2.46. The first-order valence-corrected chi connectivity index (χ1v) is 18.1. The molecular formula is C38H44F4N4O7. The molecule has 1 saturated carbocycles. The lowest BCUT2D eigenvalue weighted by Crippen LogP contribution is -2.51. The molecule has 11 nitrogen and oxygen atoms in total. The van der Waals surface area contributed by atoms with Crippen LogP contribution in [0.4, 0.5) is 28.0 Å². The van der Waals surface area contributed by atoms with Gasteiger partial charge in [-0.05, 0) is 74.4 Å². The highest BCUT2D eigenvalue weighted by atomic mass is 19.4. The number of imide groups is 1. The Morgan fingerprint density at radius 3 is 2.36 bits per heavy atom. The van der Waals surface area contributed by atoms with Gasteiger partial charge in [-0.1, -0.05) is 37.5 Å². The molecule has 53 heavy (non-hydrogen) atoms. The van der Waals surface area contributed by atoms with Crippen LogP contribution in [0.15, 0.2) is 42.5 Å². The van der Waals surface area contributed by atoms with Crippen molar-refractivity contribution in [3.63, 3.8) is 0 Å². The summed E-state index contributed by atoms with van der Waals surface area (Å²) in [5.74, 6) is -2.77. The molecule has 1 saturated heterocycles. The van der Waals surface area contributed by atoms with Crippen LogP contribution in [0.1, 0.15) is 94.2 Å². The fraction of sp³-hybridized carbons (Fsp3) is 0.526. The van der Waals surface area contributed by atoms with Gasteiger partial charge in [-0.15, -0.1) is 0 Å². The summed E-state index contributed by atoms with van der Waals surface area (Å²) in [6, 6.07) is 6.91. The predicted molar refractivity (Wildman–Crippen MR) is 183 cm³/mol. The van der Waals surface area contributed by atoms with E-state index in [1.165, 1.54) is 24.3 Å². The molecule has 0 aromatic heterocycles. The molecule has 1 unspecified atom stereocenters. The van der Waals surface area contributed by atoms with E-state index in [1.807, 2.05) is 0 Å². The molecule has 5 rings (SSSR count). The zero-order valence-electron chi connectivity index (χ0n) is 29.6. The van der Waals surface area contributed by atoms with Crippen molar-refractivity contribution in [2.75, 3.05) is 18.4 Å². The Morgan fingerprint density at radius 2 is 1.66 bits per heavy atom. The number of halogens is 4. The summed E-state index contributed by atoms with van der Waals surface area (Å²) in [5, 5.41) is 5.51. The molecule has 2 N–H and O–H groups in total. The number of benzene rings is 2. The number of hydrogen-bond acceptors (Lipinski definition) is 7. The van der Waals surface area contributed by atoms with Crippen molar-refractivity contribution in [3.05, 3.63) is 65.0 Å². The van der Waals surface area contributed by atoms with E-state index in [2.05, 4.69) is 10.6 Å². The maximum Gasteiger partial charge on any atom is 0.418 e. The van der Waals surface area contributed by atoms with Crippen molar-refractivity contribution in [2.24, 2.45) is 5.92 Å². The third-order valence-electron chi connectivity index (χ3n) is 10.3. The van der Waals surface area contributed by atoms with E-state index in [-0.39, 0.29) is 43.1 Å². The SMILES string of the molecule is C[C@H](N(Cc1ccc(F)cc1)C(=O)CN1C(=O)OC2(CCc3cc(NC(=O)CCC(=O)NCCCCCC(=O)C4CCCC4)ccc32)C1=O)C(F)(F)F. The van der Waals surface area contributed by atoms with Crippen molar-refractivity contribution >= 4 is 41.2 Å². The number of Topliss-reactive ketones (excluding diaryl/α,β-unsaturated/α-hetero) is 1. The van der Waals surface area contributed by atoms with E-state index in [4.69, 9.17) is 4.74 Å². The summed E-state index contributed by atoms with van der Waals surface area (Å²) in [7, 11) is 0. The zero-order valence-corrected chi connectivity index (χ0v) is 29.6. The number of nitrogens with one attached hydrogen (secondary N) is 2. The summed E-state index contributed by atoms with van der Waals surface area (Å²) in [5.41, 5.74) is -0.263. The number of alkyl halides is 3. The minimum absolute atomic E-state index is 0.0181. The van der Waals surface area contributed by atoms with Crippen LogP contribution in [0.25, 0.3) is 0 Å². The van der Waals surface area contributed by atoms with Gasteiger partial charge in [0.2, 0.25) is 23.3 Å². The van der Waals surface area contributed by atoms with E-state index >= 15 is 0 Å². The van der Waals surface area contributed by atoms with Gasteiger partial charge in [0.15, 0.2) is 0 Å². The molecule has 2 aromatic rings. The van der Waals surface area contributed by atoms with E-state index in [1.54, 1.807) is 6.07 Å². The van der Waals surface area contributed by atoms with Gasteiger partial charge in [0, 0.05) is 55.9 Å². The van der Waals surface area contributed by atoms with Crippen LogP contribution < -0.4 is 10.6 Å². The van der Waals surface area contributed by atoms with E-state index in [0.717, 1.165) is 64.0 Å². The number of rotatable bonds is 16. The van der Waals surface area contributed by atoms with E-state index < -0.39 is 60.5 Å². The number of carbonyl (C=O) groups excluding carboxylic acids is 6. The fourth-order valence-electron chi connectivity index (χ4n) is 7.18. The quantitative estimate of drug-likeness (QED) is 0.157. The lowest BCUT2D eigenvalue weighted by atomic mass is 9.94. The zero-order chi connectivity index (χ0) is 38.3. The average Bonchev–Trinajstić information content (AvgIpc) is 3.84. The summed E-state index contributed by atoms with van der Waals surface area (Å²) in [6.07, 6.45) is 1.39. The van der Waals surface area contributed by atoms with Crippen LogP contribution in [0.5, 0.6) is 0 Å². The minimum atomic E-state index is -4.83. The molecule has 0 radical (unpaired) electrons. The Hall–Kier alpha value is -4.82. The molecule has 1 aliphatic heterocycles. The van der Waals surface area contributed by atoms with Crippen molar-refractivity contribution in [1.29, 1.82) is 0 Å². The first-order chi connectivity index (χ1) is 25.2. The van der Waals surface area contributed by atoms with Gasteiger partial charge in [-0.2, -0.15) is 13.2 Å². The summed E-state index contributed by atoms with van der Waals surface area (Å²) >= 11 is 0. The lowest BCUT2D eigenvalue weighted by molar-refractivity contribution is -0.187. The second-order valence-electron chi connectivity index (χ2n) is 14.0. The third kappa shape index (κ3) is 9.60. The van der Waals surface area contributed by atoms with Crippen LogP contribution in [-0.2, 0) is 47.3 Å². The van der Waals surface area contributed by atoms with Gasteiger partial charge in [-0.3, -0.25) is 24.0 Å². The summed E-state index contributed by atoms with van der Waals surface area (Å²) in [6.45, 7) is -0.314. The second-order valence-corrected chi connectivity index (χ2v) is 14.0. The van der Waals surface area contributed by atoms with Gasteiger partial charge in [0.25, 0.3) is 5.91 Å². The summed E-state index contributed by atoms with van der Waals surface area (Å²) < 4.78 is 60.1. The Morgan fingerprint density at radius 1 is 0.962 bits per heavy atom. The third-order valence-corrected chi connectivity index (χ3v) is 10.3. The minimum Gasteiger partial charge on any atom is -0.427 e. The lowest BCUT2D eigenvalue weighted by Gasteiger charge is -2.31. The highest BCUT2D eigenvalue weighted by Gasteiger charge is 2.58. The Balaban J connectivity index is 1.11. The Kier molecular flexibility index (Phi) is 12.6. The molecule has 286 valence electrons. The van der Waals surface area contributed by atoms with Gasteiger partial charge in [0.05, 0.1) is 0 Å². The molecule has 2 atom stereocenters. The van der Waals surface area contributed by atoms with Crippen molar-refractivity contribution < 1.29 is 51.1 Å². The van der Waals surface area contributed by atoms with Crippen LogP contribution >= 0.6 is 0 Å². The number of ketones is 1. The Bertz CT molecular complexity index is 1710. The number of anilines is 1. The number of hydrogen-bond donors (Lipinski definition) is 2. The molecule has 0 bridgehead atoms. The Labute approximate surface area is 304 Å². The van der Waals surface area contributed by atoms with Crippen molar-refractivity contribution in [2.45, 2.75) is 108 Å². The average molecular weight is 745 g/mol. The van der Waals surface area contributed by atoms with Crippen LogP contribution in [0, 0.1) is 11.7 Å². The number of fused-ring (bicyclic) bond motifs is 2. The normalized spacial score (nSPS) is 18.9. The van der Waals surface area contributed by atoms with Gasteiger partial charge in [-0.25, -0.2) is 14.1 Å². The first-order valence-electron chi connectivity index (χ1n) is 18.1. The van der Waals surface area contributed by atoms with Crippen LogP contribution in [-0.4, -0.2) is 70.6 Å². The number of unbranched alkanes of at least 4 members (excludes halogenated alkanes) is 2. The topological polar surface area (TPSA) is 142 Å². The molecule has 1 spiro atoms. The molecule has 3 aliphatic rings. The number of ether oxygens (including phenoxy) is 1. The van der Waals surface area contributed by atoms with Gasteiger partial charge in [0.1, 0.15) is 24.2 Å². The van der Waals surface area contributed by atoms with Crippen molar-refractivity contribution in [1.82, 2.24) is 15.1 Å². The molecule has 2 aromatic carbocycles. The summed E-state index contributed by atoms with van der Waals surface area (Å²) in [4.78, 5) is 77.9. The molecule has 15 heteroatoms. The molecule has 2 fully saturated rings. The van der Waals surface area contributed by atoms with Gasteiger partial charge < -0.3 is 20.3 Å². The standard InChI is InChI=1S/C38H44F4N4O7/c1-24(38(40,41)42)45(22-25-10-12-28(39)13-11-25)34(50)23-46-35(51)37(53-36(46)52)19-18-27-21-29(14-15-30(27)37)44-33(49)17-16-32(48)43-20-6-2-3-9-31(47)26-7-4-5-8-26/h10-15,21,24,26H,2-9,16-20,22-23H2,1H3,(H,43,48)(H,44,49)/t24-,37?/m0/s1. The number of carbonyl (C=O) groups is 6. The maximum absolute atomic E-state index is 13.7. The first kappa shape index (κ1) is 39.4. The molecule has 2 aliphatic carbocycles. The fourth-order valence-corrected chi connectivity index (χ4v) is 7.18.